The summed E-state index contributed by atoms with van der Waals surface area (Å²) in [6.45, 7) is 1.44. The number of anilines is 1. The van der Waals surface area contributed by atoms with E-state index in [0.29, 0.717) is 18.4 Å². The molecule has 0 spiro atoms. The van der Waals surface area contributed by atoms with Gasteiger partial charge in [-0.3, -0.25) is 14.4 Å². The van der Waals surface area contributed by atoms with Crippen molar-refractivity contribution in [3.63, 3.8) is 0 Å². The van der Waals surface area contributed by atoms with Crippen LogP contribution in [-0.4, -0.2) is 39.4 Å². The Hall–Kier alpha value is -4.00. The average molecular weight is 440 g/mol. The summed E-state index contributed by atoms with van der Waals surface area (Å²) in [6, 6.07) is 2.71. The number of H-pyrrole nitrogens is 1. The second kappa shape index (κ2) is 9.43. The fourth-order valence-corrected chi connectivity index (χ4v) is 3.69. The number of ketones is 1. The second-order valence-electron chi connectivity index (χ2n) is 7.19. The number of imidazole rings is 1. The number of carboxylic acids is 1. The van der Waals surface area contributed by atoms with Crippen LogP contribution in [0.1, 0.15) is 71.5 Å². The van der Waals surface area contributed by atoms with E-state index in [1.807, 2.05) is 0 Å². The molecule has 32 heavy (non-hydrogen) atoms. The smallest absolute Gasteiger partial charge is 0.324 e. The van der Waals surface area contributed by atoms with Gasteiger partial charge in [0.1, 0.15) is 11.9 Å². The number of hydrogen-bond acceptors (Lipinski definition) is 7. The Bertz CT molecular complexity index is 1160. The zero-order chi connectivity index (χ0) is 23.4. The van der Waals surface area contributed by atoms with E-state index in [1.54, 1.807) is 12.1 Å². The molecule has 1 atom stereocenters. The van der Waals surface area contributed by atoms with Gasteiger partial charge in [0, 0.05) is 23.0 Å². The number of carbonyl (C=O) groups excluding carboxylic acids is 2. The van der Waals surface area contributed by atoms with Crippen molar-refractivity contribution in [2.45, 2.75) is 38.5 Å². The van der Waals surface area contributed by atoms with Gasteiger partial charge < -0.3 is 20.6 Å². The van der Waals surface area contributed by atoms with Crippen LogP contribution in [0.2, 0.25) is 0 Å². The Morgan fingerprint density at radius 3 is 2.72 bits per heavy atom. The predicted octanol–water partition coefficient (Wildman–Crippen LogP) is 2.92. The van der Waals surface area contributed by atoms with Crippen molar-refractivity contribution in [1.29, 1.82) is 5.26 Å². The van der Waals surface area contributed by atoms with Crippen LogP contribution in [0.4, 0.5) is 10.1 Å². The summed E-state index contributed by atoms with van der Waals surface area (Å²) < 4.78 is 20.5. The molecule has 1 aromatic carbocycles. The highest BCUT2D eigenvalue weighted by Gasteiger charge is 2.36. The molecule has 0 amide bonds. The number of benzene rings is 1. The molecule has 9 nitrogen and oxygen atoms in total. The molecule has 10 heteroatoms. The molecular weight excluding hydrogens is 419 g/mol. The summed E-state index contributed by atoms with van der Waals surface area (Å²) in [5, 5.41) is 18.6. The monoisotopic (exact) mass is 440 g/mol. The molecule has 0 bridgehead atoms. The maximum absolute atomic E-state index is 15.6. The molecule has 1 aromatic heterocycles. The van der Waals surface area contributed by atoms with Gasteiger partial charge in [-0.2, -0.15) is 5.26 Å². The van der Waals surface area contributed by atoms with Gasteiger partial charge in [0.05, 0.1) is 12.2 Å². The molecule has 1 aliphatic rings. The number of esters is 1. The summed E-state index contributed by atoms with van der Waals surface area (Å²) in [7, 11) is 0. The lowest BCUT2D eigenvalue weighted by Gasteiger charge is -2.22. The first-order valence-electron chi connectivity index (χ1n) is 10.0. The van der Waals surface area contributed by atoms with E-state index in [9.17, 15) is 19.5 Å². The SMILES string of the molecule is CCOC(=O)C(C(=O)O)c1cc(C(=O)c2nc(C#N)c[nH]2)c(F)c(C2=CCCCC2)c1N. The minimum Gasteiger partial charge on any atom is -0.480 e. The Labute approximate surface area is 182 Å². The number of aromatic amines is 1. The molecule has 0 aliphatic heterocycles. The van der Waals surface area contributed by atoms with Crippen molar-refractivity contribution in [1.82, 2.24) is 9.97 Å². The molecule has 1 heterocycles. The lowest BCUT2D eigenvalue weighted by molar-refractivity contribution is -0.153. The molecule has 0 saturated carbocycles. The maximum Gasteiger partial charge on any atom is 0.324 e. The third kappa shape index (κ3) is 4.23. The number of aliphatic carboxylic acids is 1. The van der Waals surface area contributed by atoms with Crippen LogP contribution >= 0.6 is 0 Å². The summed E-state index contributed by atoms with van der Waals surface area (Å²) in [4.78, 5) is 43.6. The third-order valence-corrected chi connectivity index (χ3v) is 5.18. The summed E-state index contributed by atoms with van der Waals surface area (Å²) in [5.41, 5.74) is 5.57. The zero-order valence-electron chi connectivity index (χ0n) is 17.3. The van der Waals surface area contributed by atoms with Crippen molar-refractivity contribution < 1.29 is 28.6 Å². The van der Waals surface area contributed by atoms with E-state index in [2.05, 4.69) is 9.97 Å². The number of halogens is 1. The van der Waals surface area contributed by atoms with Crippen LogP contribution in [0.25, 0.3) is 5.57 Å². The number of nitrogens with two attached hydrogens (primary N) is 1. The first-order valence-corrected chi connectivity index (χ1v) is 10.0. The van der Waals surface area contributed by atoms with Crippen molar-refractivity contribution in [2.75, 3.05) is 12.3 Å². The van der Waals surface area contributed by atoms with E-state index < -0.39 is 35.0 Å². The number of nitrogens with zero attached hydrogens (tertiary/aromatic N) is 2. The van der Waals surface area contributed by atoms with Crippen LogP contribution in [-0.2, 0) is 14.3 Å². The fraction of sp³-hybridized carbons (Fsp3) is 0.318. The van der Waals surface area contributed by atoms with Crippen molar-refractivity contribution in [2.24, 2.45) is 0 Å². The lowest BCUT2D eigenvalue weighted by Crippen LogP contribution is -2.26. The first-order chi connectivity index (χ1) is 15.3. The molecule has 4 N–H and O–H groups in total. The number of ether oxygens (including phenoxy) is 1. The largest absolute Gasteiger partial charge is 0.480 e. The number of carbonyl (C=O) groups is 3. The molecule has 1 aliphatic carbocycles. The summed E-state index contributed by atoms with van der Waals surface area (Å²) in [6.07, 6.45) is 5.80. The number of nitriles is 1. The van der Waals surface area contributed by atoms with Crippen molar-refractivity contribution in [3.05, 3.63) is 52.4 Å². The molecule has 166 valence electrons. The maximum atomic E-state index is 15.6. The molecule has 1 unspecified atom stereocenters. The molecule has 3 rings (SSSR count). The normalized spacial score (nSPS) is 14.2. The number of nitrogen functional groups attached to an aromatic ring is 1. The fourth-order valence-electron chi connectivity index (χ4n) is 3.69. The number of carboxylic acid groups (broad SMARTS) is 1. The van der Waals surface area contributed by atoms with Gasteiger partial charge in [-0.05, 0) is 44.2 Å². The Kier molecular flexibility index (Phi) is 6.68. The number of hydrogen-bond donors (Lipinski definition) is 3. The predicted molar refractivity (Wildman–Crippen MR) is 111 cm³/mol. The van der Waals surface area contributed by atoms with Gasteiger partial charge in [-0.15, -0.1) is 0 Å². The van der Waals surface area contributed by atoms with Crippen molar-refractivity contribution >= 4 is 29.0 Å². The number of rotatable bonds is 7. The van der Waals surface area contributed by atoms with Gasteiger partial charge in [-0.1, -0.05) is 6.08 Å². The minimum atomic E-state index is -1.85. The van der Waals surface area contributed by atoms with Gasteiger partial charge >= 0.3 is 11.9 Å². The van der Waals surface area contributed by atoms with Gasteiger partial charge in [0.15, 0.2) is 17.4 Å². The number of nitrogens with one attached hydrogen (secondary N) is 1. The topological polar surface area (TPSA) is 159 Å². The van der Waals surface area contributed by atoms with E-state index in [1.165, 1.54) is 13.1 Å². The highest BCUT2D eigenvalue weighted by Crippen LogP contribution is 2.39. The third-order valence-electron chi connectivity index (χ3n) is 5.18. The summed E-state index contributed by atoms with van der Waals surface area (Å²) >= 11 is 0. The molecule has 2 aromatic rings. The van der Waals surface area contributed by atoms with Crippen molar-refractivity contribution in [3.8, 4) is 6.07 Å². The van der Waals surface area contributed by atoms with E-state index in [-0.39, 0.29) is 34.9 Å². The zero-order valence-corrected chi connectivity index (χ0v) is 17.3. The first kappa shape index (κ1) is 22.7. The van der Waals surface area contributed by atoms with E-state index in [0.717, 1.165) is 18.9 Å². The molecule has 0 saturated heterocycles. The van der Waals surface area contributed by atoms with E-state index in [4.69, 9.17) is 15.7 Å². The van der Waals surface area contributed by atoms with Crippen LogP contribution < -0.4 is 5.73 Å². The Balaban J connectivity index is 2.27. The highest BCUT2D eigenvalue weighted by molar-refractivity contribution is 6.09. The standard InChI is InChI=1S/C22H21FN4O5/c1-2-32-22(31)16(21(29)30)13-8-14(19(28)20-26-10-12(9-24)27-20)17(23)15(18(13)25)11-6-4-3-5-7-11/h6,8,10,16H,2-5,7,25H2,1H3,(H,26,27)(H,29,30). The van der Waals surface area contributed by atoms with Crippen LogP contribution in [0, 0.1) is 17.1 Å². The van der Waals surface area contributed by atoms with E-state index >= 15 is 4.39 Å². The highest BCUT2D eigenvalue weighted by atomic mass is 19.1. The lowest BCUT2D eigenvalue weighted by atomic mass is 9.85. The summed E-state index contributed by atoms with van der Waals surface area (Å²) in [5.74, 6) is -6.62. The van der Waals surface area contributed by atoms with Crippen LogP contribution in [0.5, 0.6) is 0 Å². The van der Waals surface area contributed by atoms with Crippen LogP contribution in [0.15, 0.2) is 18.3 Å². The second-order valence-corrected chi connectivity index (χ2v) is 7.19. The molecular formula is C22H21FN4O5. The molecule has 0 radical (unpaired) electrons. The molecule has 0 fully saturated rings. The van der Waals surface area contributed by atoms with Gasteiger partial charge in [0.25, 0.3) is 0 Å². The van der Waals surface area contributed by atoms with Crippen LogP contribution in [0.3, 0.4) is 0 Å². The quantitative estimate of drug-likeness (QED) is 0.256. The Morgan fingerprint density at radius 2 is 2.16 bits per heavy atom. The average Bonchev–Trinajstić information content (AvgIpc) is 3.25. The number of allylic oxidation sites excluding steroid dienone is 2. The van der Waals surface area contributed by atoms with Gasteiger partial charge in [0.2, 0.25) is 5.78 Å². The van der Waals surface area contributed by atoms with Gasteiger partial charge in [-0.25, -0.2) is 9.37 Å². The Morgan fingerprint density at radius 1 is 1.41 bits per heavy atom. The minimum absolute atomic E-state index is 0.0726. The number of aromatic nitrogens is 2.